The molecule has 1 aromatic carbocycles. The van der Waals surface area contributed by atoms with Gasteiger partial charge in [-0.15, -0.1) is 0 Å². The molecule has 1 atom stereocenters. The summed E-state index contributed by atoms with van der Waals surface area (Å²) in [4.78, 5) is 0. The SMILES string of the molecule is Cc1cscc1C(O)c1cc2c(cc1Br)OCCCO2. The Kier molecular flexibility index (Phi) is 4.01. The quantitative estimate of drug-likeness (QED) is 0.883. The molecule has 2 aromatic rings. The molecule has 20 heavy (non-hydrogen) atoms. The molecule has 5 heteroatoms. The molecule has 0 radical (unpaired) electrons. The number of aryl methyl sites for hydroxylation is 1. The Balaban J connectivity index is 2.01. The van der Waals surface area contributed by atoms with Gasteiger partial charge in [0.15, 0.2) is 11.5 Å². The van der Waals surface area contributed by atoms with E-state index in [-0.39, 0.29) is 0 Å². The maximum absolute atomic E-state index is 10.6. The highest BCUT2D eigenvalue weighted by Gasteiger charge is 2.21. The van der Waals surface area contributed by atoms with Crippen molar-refractivity contribution in [1.82, 2.24) is 0 Å². The van der Waals surface area contributed by atoms with Gasteiger partial charge >= 0.3 is 0 Å². The van der Waals surface area contributed by atoms with Crippen LogP contribution in [0.2, 0.25) is 0 Å². The Morgan fingerprint density at radius 2 is 1.85 bits per heavy atom. The van der Waals surface area contributed by atoms with E-state index in [2.05, 4.69) is 15.9 Å². The number of benzene rings is 1. The lowest BCUT2D eigenvalue weighted by molar-refractivity contribution is 0.218. The van der Waals surface area contributed by atoms with Gasteiger partial charge in [0.25, 0.3) is 0 Å². The van der Waals surface area contributed by atoms with Gasteiger partial charge in [-0.2, -0.15) is 11.3 Å². The van der Waals surface area contributed by atoms with E-state index in [4.69, 9.17) is 9.47 Å². The predicted molar refractivity (Wildman–Crippen MR) is 82.9 cm³/mol. The lowest BCUT2D eigenvalue weighted by Gasteiger charge is -2.16. The van der Waals surface area contributed by atoms with Gasteiger partial charge in [-0.05, 0) is 40.9 Å². The zero-order chi connectivity index (χ0) is 14.1. The zero-order valence-electron chi connectivity index (χ0n) is 11.1. The summed E-state index contributed by atoms with van der Waals surface area (Å²) in [5.74, 6) is 1.43. The van der Waals surface area contributed by atoms with Gasteiger partial charge in [0.1, 0.15) is 6.10 Å². The molecule has 0 aliphatic carbocycles. The van der Waals surface area contributed by atoms with Crippen LogP contribution in [0.3, 0.4) is 0 Å². The fourth-order valence-electron chi connectivity index (χ4n) is 2.23. The van der Waals surface area contributed by atoms with Crippen LogP contribution < -0.4 is 9.47 Å². The number of aliphatic hydroxyl groups excluding tert-OH is 1. The molecule has 3 nitrogen and oxygen atoms in total. The van der Waals surface area contributed by atoms with Crippen LogP contribution in [0.5, 0.6) is 11.5 Å². The second-order valence-corrected chi connectivity index (χ2v) is 6.38. The smallest absolute Gasteiger partial charge is 0.162 e. The number of aliphatic hydroxyl groups is 1. The Bertz CT molecular complexity index is 624. The average Bonchev–Trinajstić information content (AvgIpc) is 2.72. The van der Waals surface area contributed by atoms with Crippen molar-refractivity contribution >= 4 is 27.3 Å². The van der Waals surface area contributed by atoms with E-state index in [0.29, 0.717) is 19.0 Å². The molecule has 1 aliphatic rings. The van der Waals surface area contributed by atoms with Crippen molar-refractivity contribution in [3.63, 3.8) is 0 Å². The molecule has 0 spiro atoms. The number of fused-ring (bicyclic) bond motifs is 1. The molecule has 2 heterocycles. The summed E-state index contributed by atoms with van der Waals surface area (Å²) < 4.78 is 12.2. The Labute approximate surface area is 130 Å². The first kappa shape index (κ1) is 13.9. The van der Waals surface area contributed by atoms with Crippen LogP contribution >= 0.6 is 27.3 Å². The number of hydrogen-bond donors (Lipinski definition) is 1. The summed E-state index contributed by atoms with van der Waals surface area (Å²) >= 11 is 5.12. The van der Waals surface area contributed by atoms with Crippen molar-refractivity contribution in [2.24, 2.45) is 0 Å². The third-order valence-electron chi connectivity index (χ3n) is 3.35. The van der Waals surface area contributed by atoms with Gasteiger partial charge in [0, 0.05) is 16.5 Å². The molecule has 0 saturated carbocycles. The molecular weight excluding hydrogens is 340 g/mol. The molecule has 3 rings (SSSR count). The normalized spacial score (nSPS) is 15.8. The zero-order valence-corrected chi connectivity index (χ0v) is 13.5. The number of thiophene rings is 1. The van der Waals surface area contributed by atoms with Crippen LogP contribution in [0.15, 0.2) is 27.4 Å². The van der Waals surface area contributed by atoms with Crippen LogP contribution in [0.1, 0.15) is 29.2 Å². The van der Waals surface area contributed by atoms with Crippen molar-refractivity contribution in [1.29, 1.82) is 0 Å². The minimum Gasteiger partial charge on any atom is -0.490 e. The van der Waals surface area contributed by atoms with E-state index in [0.717, 1.165) is 33.3 Å². The topological polar surface area (TPSA) is 38.7 Å². The van der Waals surface area contributed by atoms with Gasteiger partial charge in [-0.3, -0.25) is 0 Å². The first-order chi connectivity index (χ1) is 9.66. The molecule has 1 aliphatic heterocycles. The minimum absolute atomic E-state index is 0.641. The fourth-order valence-corrected chi connectivity index (χ4v) is 3.64. The summed E-state index contributed by atoms with van der Waals surface area (Å²) in [5.41, 5.74) is 2.84. The summed E-state index contributed by atoms with van der Waals surface area (Å²) in [7, 11) is 0. The van der Waals surface area contributed by atoms with Crippen LogP contribution in [-0.2, 0) is 0 Å². The Hall–Kier alpha value is -1.04. The van der Waals surface area contributed by atoms with E-state index < -0.39 is 6.10 Å². The van der Waals surface area contributed by atoms with Crippen LogP contribution in [0, 0.1) is 6.92 Å². The lowest BCUT2D eigenvalue weighted by Crippen LogP contribution is -2.02. The monoisotopic (exact) mass is 354 g/mol. The Morgan fingerprint density at radius 3 is 2.50 bits per heavy atom. The fraction of sp³-hybridized carbons (Fsp3) is 0.333. The van der Waals surface area contributed by atoms with Crippen molar-refractivity contribution in [2.75, 3.05) is 13.2 Å². The van der Waals surface area contributed by atoms with E-state index in [1.807, 2.05) is 29.8 Å². The first-order valence-electron chi connectivity index (χ1n) is 6.46. The second-order valence-electron chi connectivity index (χ2n) is 4.78. The van der Waals surface area contributed by atoms with Crippen LogP contribution in [0.25, 0.3) is 0 Å². The number of rotatable bonds is 2. The maximum atomic E-state index is 10.6. The molecule has 1 aromatic heterocycles. The van der Waals surface area contributed by atoms with Crippen LogP contribution in [0.4, 0.5) is 0 Å². The van der Waals surface area contributed by atoms with Crippen molar-refractivity contribution in [2.45, 2.75) is 19.4 Å². The molecule has 0 bridgehead atoms. The van der Waals surface area contributed by atoms with Crippen molar-refractivity contribution in [3.05, 3.63) is 44.1 Å². The Morgan fingerprint density at radius 1 is 1.15 bits per heavy atom. The summed E-state index contributed by atoms with van der Waals surface area (Å²) in [6.45, 7) is 3.30. The number of hydrogen-bond acceptors (Lipinski definition) is 4. The van der Waals surface area contributed by atoms with Crippen molar-refractivity contribution < 1.29 is 14.6 Å². The van der Waals surface area contributed by atoms with Gasteiger partial charge in [0.2, 0.25) is 0 Å². The summed E-state index contributed by atoms with van der Waals surface area (Å²) in [6.07, 6.45) is 0.209. The third kappa shape index (κ3) is 2.57. The van der Waals surface area contributed by atoms with Crippen molar-refractivity contribution in [3.8, 4) is 11.5 Å². The molecule has 106 valence electrons. The van der Waals surface area contributed by atoms with E-state index in [1.54, 1.807) is 11.3 Å². The van der Waals surface area contributed by atoms with Gasteiger partial charge in [-0.1, -0.05) is 15.9 Å². The van der Waals surface area contributed by atoms with Gasteiger partial charge in [-0.25, -0.2) is 0 Å². The minimum atomic E-state index is -0.659. The molecule has 1 unspecified atom stereocenters. The molecule has 0 saturated heterocycles. The highest BCUT2D eigenvalue weighted by molar-refractivity contribution is 9.10. The van der Waals surface area contributed by atoms with Gasteiger partial charge < -0.3 is 14.6 Å². The molecular formula is C15H15BrO3S. The predicted octanol–water partition coefficient (Wildman–Crippen LogP) is 4.06. The molecule has 0 fully saturated rings. The largest absolute Gasteiger partial charge is 0.490 e. The molecule has 0 amide bonds. The summed E-state index contributed by atoms with van der Waals surface area (Å²) in [6, 6.07) is 3.74. The van der Waals surface area contributed by atoms with E-state index in [9.17, 15) is 5.11 Å². The maximum Gasteiger partial charge on any atom is 0.162 e. The highest BCUT2D eigenvalue weighted by Crippen LogP contribution is 2.40. The number of ether oxygens (including phenoxy) is 2. The molecule has 1 N–H and O–H groups in total. The van der Waals surface area contributed by atoms with E-state index in [1.165, 1.54) is 0 Å². The van der Waals surface area contributed by atoms with Crippen LogP contribution in [-0.4, -0.2) is 18.3 Å². The summed E-state index contributed by atoms with van der Waals surface area (Å²) in [5, 5.41) is 14.6. The number of halogens is 1. The van der Waals surface area contributed by atoms with E-state index >= 15 is 0 Å². The average molecular weight is 355 g/mol. The second kappa shape index (κ2) is 5.76. The highest BCUT2D eigenvalue weighted by atomic mass is 79.9. The third-order valence-corrected chi connectivity index (χ3v) is 4.92. The first-order valence-corrected chi connectivity index (χ1v) is 8.20. The standard InChI is InChI=1S/C15H15BrO3S/c1-9-7-20-8-11(9)15(17)10-5-13-14(6-12(10)16)19-4-2-3-18-13/h5-8,15,17H,2-4H2,1H3. The van der Waals surface area contributed by atoms with Gasteiger partial charge in [0.05, 0.1) is 13.2 Å². The lowest BCUT2D eigenvalue weighted by atomic mass is 10.0.